The summed E-state index contributed by atoms with van der Waals surface area (Å²) in [5, 5.41) is 7.08. The van der Waals surface area contributed by atoms with Gasteiger partial charge in [-0.25, -0.2) is 0 Å². The van der Waals surface area contributed by atoms with Gasteiger partial charge in [-0.3, -0.25) is 0 Å². The Kier molecular flexibility index (Phi) is 7.44. The van der Waals surface area contributed by atoms with Gasteiger partial charge in [-0.15, -0.1) is 0 Å². The molecule has 0 unspecified atom stereocenters. The zero-order valence-corrected chi connectivity index (χ0v) is 20.7. The maximum atomic E-state index is 3.54. The van der Waals surface area contributed by atoms with Gasteiger partial charge in [0.15, 0.2) is 0 Å². The highest BCUT2D eigenvalue weighted by Crippen LogP contribution is 2.33. The van der Waals surface area contributed by atoms with E-state index in [2.05, 4.69) is 151 Å². The molecule has 0 heterocycles. The van der Waals surface area contributed by atoms with E-state index in [1.807, 2.05) is 0 Å². The molecule has 5 rings (SSSR count). The minimum Gasteiger partial charge on any atom is -0.381 e. The topological polar surface area (TPSA) is 24.1 Å². The predicted molar refractivity (Wildman–Crippen MR) is 153 cm³/mol. The quantitative estimate of drug-likeness (QED) is 0.212. The van der Waals surface area contributed by atoms with Crippen LogP contribution in [0.4, 0.5) is 11.4 Å². The van der Waals surface area contributed by atoms with Crippen LogP contribution in [0, 0.1) is 6.92 Å². The monoisotopic (exact) mass is 468 g/mol. The number of hydrogen-bond acceptors (Lipinski definition) is 2. The van der Waals surface area contributed by atoms with Crippen molar-refractivity contribution in [1.82, 2.24) is 0 Å². The van der Waals surface area contributed by atoms with E-state index < -0.39 is 0 Å². The number of benzene rings is 5. The van der Waals surface area contributed by atoms with Gasteiger partial charge in [-0.05, 0) is 59.0 Å². The minimum absolute atomic E-state index is 0.178. The molecule has 0 aliphatic rings. The van der Waals surface area contributed by atoms with Gasteiger partial charge < -0.3 is 10.6 Å². The van der Waals surface area contributed by atoms with Crippen molar-refractivity contribution in [2.24, 2.45) is 0 Å². The van der Waals surface area contributed by atoms with Crippen molar-refractivity contribution in [3.05, 3.63) is 167 Å². The van der Waals surface area contributed by atoms with Gasteiger partial charge in [0.05, 0.1) is 0 Å². The molecule has 2 heteroatoms. The highest BCUT2D eigenvalue weighted by molar-refractivity contribution is 5.53. The summed E-state index contributed by atoms with van der Waals surface area (Å²) < 4.78 is 0. The van der Waals surface area contributed by atoms with E-state index in [4.69, 9.17) is 0 Å². The average Bonchev–Trinajstić information content (AvgIpc) is 2.94. The standard InChI is InChI=1S/C34H32N2/c1-26-12-14-29(15-13-26)34(30-16-20-32(21-17-30)35-24-27-8-4-2-5-9-27)31-18-22-33(23-19-31)36-25-28-10-6-3-7-11-28/h2-23,34-36H,24-25H2,1H3. The highest BCUT2D eigenvalue weighted by Gasteiger charge is 2.17. The van der Waals surface area contributed by atoms with Gasteiger partial charge in [-0.1, -0.05) is 115 Å². The Morgan fingerprint density at radius 1 is 0.444 bits per heavy atom. The van der Waals surface area contributed by atoms with Gasteiger partial charge >= 0.3 is 0 Å². The summed E-state index contributed by atoms with van der Waals surface area (Å²) in [6, 6.07) is 47.7. The fourth-order valence-corrected chi connectivity index (χ4v) is 4.52. The molecule has 2 nitrogen and oxygen atoms in total. The summed E-state index contributed by atoms with van der Waals surface area (Å²) >= 11 is 0. The smallest absolute Gasteiger partial charge is 0.0400 e. The second kappa shape index (κ2) is 11.4. The molecular weight excluding hydrogens is 436 g/mol. The SMILES string of the molecule is Cc1ccc(C(c2ccc(NCc3ccccc3)cc2)c2ccc(NCc3ccccc3)cc2)cc1. The summed E-state index contributed by atoms with van der Waals surface area (Å²) in [5.74, 6) is 0.178. The zero-order valence-electron chi connectivity index (χ0n) is 20.7. The van der Waals surface area contributed by atoms with E-state index in [0.29, 0.717) is 0 Å². The van der Waals surface area contributed by atoms with Crippen LogP contribution in [0.5, 0.6) is 0 Å². The second-order valence-electron chi connectivity index (χ2n) is 9.27. The minimum atomic E-state index is 0.178. The van der Waals surface area contributed by atoms with Crippen LogP contribution in [0.15, 0.2) is 133 Å². The van der Waals surface area contributed by atoms with Crippen LogP contribution in [-0.2, 0) is 13.1 Å². The molecule has 0 atom stereocenters. The van der Waals surface area contributed by atoms with Gasteiger partial charge in [-0.2, -0.15) is 0 Å². The van der Waals surface area contributed by atoms with Crippen LogP contribution in [-0.4, -0.2) is 0 Å². The van der Waals surface area contributed by atoms with Crippen LogP contribution in [0.2, 0.25) is 0 Å². The molecule has 0 saturated heterocycles. The fourth-order valence-electron chi connectivity index (χ4n) is 4.52. The molecular formula is C34H32N2. The number of rotatable bonds is 9. The number of anilines is 2. The molecule has 0 aliphatic carbocycles. The third kappa shape index (κ3) is 6.03. The molecule has 0 radical (unpaired) electrons. The Bertz CT molecular complexity index is 1250. The Morgan fingerprint density at radius 3 is 1.19 bits per heavy atom. The molecule has 36 heavy (non-hydrogen) atoms. The van der Waals surface area contributed by atoms with Gasteiger partial charge in [0.1, 0.15) is 0 Å². The van der Waals surface area contributed by atoms with Crippen LogP contribution >= 0.6 is 0 Å². The second-order valence-corrected chi connectivity index (χ2v) is 9.27. The van der Waals surface area contributed by atoms with E-state index in [-0.39, 0.29) is 5.92 Å². The van der Waals surface area contributed by atoms with Gasteiger partial charge in [0, 0.05) is 30.4 Å². The maximum Gasteiger partial charge on any atom is 0.0400 e. The van der Waals surface area contributed by atoms with E-state index in [9.17, 15) is 0 Å². The molecule has 5 aromatic rings. The van der Waals surface area contributed by atoms with Gasteiger partial charge in [0.25, 0.3) is 0 Å². The van der Waals surface area contributed by atoms with Crippen molar-refractivity contribution in [2.75, 3.05) is 10.6 Å². The molecule has 0 bridgehead atoms. The average molecular weight is 469 g/mol. The molecule has 5 aromatic carbocycles. The van der Waals surface area contributed by atoms with Crippen LogP contribution < -0.4 is 10.6 Å². The van der Waals surface area contributed by atoms with Crippen LogP contribution in [0.25, 0.3) is 0 Å². The largest absolute Gasteiger partial charge is 0.381 e. The summed E-state index contributed by atoms with van der Waals surface area (Å²) in [6.07, 6.45) is 0. The molecule has 0 saturated carbocycles. The molecule has 0 aliphatic heterocycles. The first-order valence-electron chi connectivity index (χ1n) is 12.6. The van der Waals surface area contributed by atoms with Gasteiger partial charge in [0.2, 0.25) is 0 Å². The molecule has 2 N–H and O–H groups in total. The lowest BCUT2D eigenvalue weighted by Crippen LogP contribution is -2.05. The van der Waals surface area contributed by atoms with Crippen LogP contribution in [0.3, 0.4) is 0 Å². The summed E-state index contributed by atoms with van der Waals surface area (Å²) in [7, 11) is 0. The lowest BCUT2D eigenvalue weighted by Gasteiger charge is -2.20. The predicted octanol–water partition coefficient (Wildman–Crippen LogP) is 8.40. The van der Waals surface area contributed by atoms with E-state index >= 15 is 0 Å². The van der Waals surface area contributed by atoms with Crippen molar-refractivity contribution in [2.45, 2.75) is 25.9 Å². The van der Waals surface area contributed by atoms with Crippen LogP contribution in [0.1, 0.15) is 39.3 Å². The van der Waals surface area contributed by atoms with Crippen molar-refractivity contribution in [3.8, 4) is 0 Å². The van der Waals surface area contributed by atoms with Crippen molar-refractivity contribution < 1.29 is 0 Å². The molecule has 0 amide bonds. The Hall–Kier alpha value is -4.30. The van der Waals surface area contributed by atoms with Crippen molar-refractivity contribution >= 4 is 11.4 Å². The molecule has 0 aromatic heterocycles. The molecule has 178 valence electrons. The molecule has 0 spiro atoms. The molecule has 0 fully saturated rings. The highest BCUT2D eigenvalue weighted by atomic mass is 14.9. The first-order valence-corrected chi connectivity index (χ1v) is 12.6. The van der Waals surface area contributed by atoms with Crippen molar-refractivity contribution in [3.63, 3.8) is 0 Å². The van der Waals surface area contributed by atoms with E-state index in [1.54, 1.807) is 0 Å². The summed E-state index contributed by atoms with van der Waals surface area (Å²) in [6.45, 7) is 3.78. The van der Waals surface area contributed by atoms with Crippen molar-refractivity contribution in [1.29, 1.82) is 0 Å². The van der Waals surface area contributed by atoms with E-state index in [1.165, 1.54) is 33.4 Å². The lowest BCUT2D eigenvalue weighted by atomic mass is 9.84. The number of nitrogens with one attached hydrogen (secondary N) is 2. The summed E-state index contributed by atoms with van der Waals surface area (Å²) in [4.78, 5) is 0. The number of hydrogen-bond donors (Lipinski definition) is 2. The zero-order chi connectivity index (χ0) is 24.6. The lowest BCUT2D eigenvalue weighted by molar-refractivity contribution is 0.975. The van der Waals surface area contributed by atoms with E-state index in [0.717, 1.165) is 24.5 Å². The third-order valence-electron chi connectivity index (χ3n) is 6.58. The normalized spacial score (nSPS) is 10.8. The Balaban J connectivity index is 1.35. The third-order valence-corrected chi connectivity index (χ3v) is 6.58. The summed E-state index contributed by atoms with van der Waals surface area (Å²) in [5.41, 5.74) is 9.97. The maximum absolute atomic E-state index is 3.54. The Morgan fingerprint density at radius 2 is 0.806 bits per heavy atom. The first kappa shape index (κ1) is 23.4. The Labute approximate surface area is 214 Å². The fraction of sp³-hybridized carbons (Fsp3) is 0.118. The first-order chi connectivity index (χ1) is 17.7. The number of aryl methyl sites for hydroxylation is 1.